The lowest BCUT2D eigenvalue weighted by molar-refractivity contribution is -0.118. The molecule has 3 nitrogen and oxygen atoms in total. The van der Waals surface area contributed by atoms with Gasteiger partial charge in [-0.15, -0.1) is 0 Å². The van der Waals surface area contributed by atoms with Gasteiger partial charge >= 0.3 is 0 Å². The largest absolute Gasteiger partial charge is 0.312 e. The highest BCUT2D eigenvalue weighted by Gasteiger charge is 2.15. The molecule has 0 aromatic heterocycles. The lowest BCUT2D eigenvalue weighted by Crippen LogP contribution is -2.32. The van der Waals surface area contributed by atoms with Crippen LogP contribution in [0.4, 0.5) is 10.1 Å². The third-order valence-electron chi connectivity index (χ3n) is 4.31. The molecule has 0 atom stereocenters. The molecule has 0 saturated carbocycles. The van der Waals surface area contributed by atoms with Crippen LogP contribution >= 0.6 is 0 Å². The Labute approximate surface area is 159 Å². The minimum Gasteiger partial charge on any atom is -0.312 e. The van der Waals surface area contributed by atoms with E-state index in [-0.39, 0.29) is 11.7 Å². The van der Waals surface area contributed by atoms with Crippen molar-refractivity contribution in [3.05, 3.63) is 102 Å². The second-order valence-electron chi connectivity index (χ2n) is 6.35. The standard InChI is InChI=1S/C23H23FN2O/c24-21-13-11-19(12-14-21)17-25-16-15-23(27)26(22-9-5-2-6-10-22)18-20-7-3-1-4-8-20/h1-14,25H,15-18H2. The van der Waals surface area contributed by atoms with Crippen molar-refractivity contribution in [2.24, 2.45) is 0 Å². The van der Waals surface area contributed by atoms with Crippen molar-refractivity contribution in [2.75, 3.05) is 11.4 Å². The van der Waals surface area contributed by atoms with E-state index in [1.54, 1.807) is 12.1 Å². The van der Waals surface area contributed by atoms with Crippen LogP contribution in [0.3, 0.4) is 0 Å². The maximum absolute atomic E-state index is 12.9. The Morgan fingerprint density at radius 2 is 1.44 bits per heavy atom. The summed E-state index contributed by atoms with van der Waals surface area (Å²) in [5.74, 6) is -0.176. The van der Waals surface area contributed by atoms with Gasteiger partial charge in [-0.2, -0.15) is 0 Å². The van der Waals surface area contributed by atoms with Gasteiger partial charge < -0.3 is 10.2 Å². The number of rotatable bonds is 8. The normalized spacial score (nSPS) is 10.6. The van der Waals surface area contributed by atoms with E-state index in [1.165, 1.54) is 12.1 Å². The van der Waals surface area contributed by atoms with E-state index in [1.807, 2.05) is 65.6 Å². The molecular formula is C23H23FN2O. The van der Waals surface area contributed by atoms with Crippen LogP contribution in [0.2, 0.25) is 0 Å². The SMILES string of the molecule is O=C(CCNCc1ccc(F)cc1)N(Cc1ccccc1)c1ccccc1. The van der Waals surface area contributed by atoms with Crippen molar-refractivity contribution in [3.63, 3.8) is 0 Å². The number of carbonyl (C=O) groups is 1. The number of nitrogens with zero attached hydrogens (tertiary/aromatic N) is 1. The first-order chi connectivity index (χ1) is 13.2. The topological polar surface area (TPSA) is 32.3 Å². The summed E-state index contributed by atoms with van der Waals surface area (Å²) in [4.78, 5) is 14.7. The van der Waals surface area contributed by atoms with Crippen molar-refractivity contribution in [3.8, 4) is 0 Å². The number of carbonyl (C=O) groups excluding carboxylic acids is 1. The number of para-hydroxylation sites is 1. The van der Waals surface area contributed by atoms with E-state index in [4.69, 9.17) is 0 Å². The van der Waals surface area contributed by atoms with Crippen LogP contribution in [-0.2, 0) is 17.9 Å². The number of nitrogens with one attached hydrogen (secondary N) is 1. The Bertz CT molecular complexity index is 835. The quantitative estimate of drug-likeness (QED) is 0.597. The molecule has 3 aromatic rings. The lowest BCUT2D eigenvalue weighted by Gasteiger charge is -2.23. The van der Waals surface area contributed by atoms with Crippen molar-refractivity contribution in [1.29, 1.82) is 0 Å². The Balaban J connectivity index is 1.58. The van der Waals surface area contributed by atoms with E-state index >= 15 is 0 Å². The predicted molar refractivity (Wildman–Crippen MR) is 107 cm³/mol. The smallest absolute Gasteiger partial charge is 0.228 e. The summed E-state index contributed by atoms with van der Waals surface area (Å²) in [5.41, 5.74) is 2.98. The Hall–Kier alpha value is -2.98. The van der Waals surface area contributed by atoms with Gasteiger partial charge in [-0.05, 0) is 35.4 Å². The average Bonchev–Trinajstić information content (AvgIpc) is 2.72. The number of anilines is 1. The Morgan fingerprint density at radius 1 is 0.815 bits per heavy atom. The molecule has 1 amide bonds. The molecule has 0 aliphatic rings. The van der Waals surface area contributed by atoms with Crippen molar-refractivity contribution in [2.45, 2.75) is 19.5 Å². The third kappa shape index (κ3) is 5.76. The molecule has 0 heterocycles. The van der Waals surface area contributed by atoms with Crippen LogP contribution in [0.15, 0.2) is 84.9 Å². The zero-order valence-electron chi connectivity index (χ0n) is 15.1. The summed E-state index contributed by atoms with van der Waals surface area (Å²) in [6.07, 6.45) is 0.392. The predicted octanol–water partition coefficient (Wildman–Crippen LogP) is 4.54. The second-order valence-corrected chi connectivity index (χ2v) is 6.35. The molecule has 27 heavy (non-hydrogen) atoms. The number of benzene rings is 3. The molecule has 0 aliphatic carbocycles. The fraction of sp³-hybridized carbons (Fsp3) is 0.174. The van der Waals surface area contributed by atoms with Crippen molar-refractivity contribution >= 4 is 11.6 Å². The van der Waals surface area contributed by atoms with E-state index in [9.17, 15) is 9.18 Å². The van der Waals surface area contributed by atoms with Crippen LogP contribution in [0.5, 0.6) is 0 Å². The summed E-state index contributed by atoms with van der Waals surface area (Å²) in [6, 6.07) is 26.1. The molecular weight excluding hydrogens is 339 g/mol. The second kappa shape index (κ2) is 9.64. The molecule has 3 rings (SSSR count). The third-order valence-corrected chi connectivity index (χ3v) is 4.31. The van der Waals surface area contributed by atoms with Crippen LogP contribution in [0.25, 0.3) is 0 Å². The highest BCUT2D eigenvalue weighted by Crippen LogP contribution is 2.18. The average molecular weight is 362 g/mol. The first kappa shape index (κ1) is 18.8. The van der Waals surface area contributed by atoms with Crippen molar-refractivity contribution in [1.82, 2.24) is 5.32 Å². The van der Waals surface area contributed by atoms with E-state index in [0.29, 0.717) is 26.1 Å². The van der Waals surface area contributed by atoms with Crippen LogP contribution < -0.4 is 10.2 Å². The molecule has 0 spiro atoms. The zero-order valence-corrected chi connectivity index (χ0v) is 15.1. The van der Waals surface area contributed by atoms with Crippen LogP contribution in [0.1, 0.15) is 17.5 Å². The van der Waals surface area contributed by atoms with Crippen LogP contribution in [0, 0.1) is 5.82 Å². The molecule has 0 bridgehead atoms. The molecule has 0 unspecified atom stereocenters. The van der Waals surface area contributed by atoms with Gasteiger partial charge in [0.05, 0.1) is 6.54 Å². The van der Waals surface area contributed by atoms with Gasteiger partial charge in [-0.25, -0.2) is 4.39 Å². The molecule has 0 radical (unpaired) electrons. The number of hydrogen-bond acceptors (Lipinski definition) is 2. The van der Waals surface area contributed by atoms with Gasteiger partial charge in [0.2, 0.25) is 5.91 Å². The number of amides is 1. The minimum atomic E-state index is -0.242. The number of hydrogen-bond donors (Lipinski definition) is 1. The summed E-state index contributed by atoms with van der Waals surface area (Å²) in [6.45, 7) is 1.72. The molecule has 4 heteroatoms. The van der Waals surface area contributed by atoms with Crippen molar-refractivity contribution < 1.29 is 9.18 Å². The first-order valence-corrected chi connectivity index (χ1v) is 9.07. The van der Waals surface area contributed by atoms with E-state index in [2.05, 4.69) is 5.32 Å². The molecule has 0 saturated heterocycles. The van der Waals surface area contributed by atoms with E-state index < -0.39 is 0 Å². The fourth-order valence-electron chi connectivity index (χ4n) is 2.86. The summed E-state index contributed by atoms with van der Waals surface area (Å²) < 4.78 is 12.9. The molecule has 138 valence electrons. The summed E-state index contributed by atoms with van der Waals surface area (Å²) in [5, 5.41) is 3.25. The van der Waals surface area contributed by atoms with E-state index in [0.717, 1.165) is 16.8 Å². The monoisotopic (exact) mass is 362 g/mol. The lowest BCUT2D eigenvalue weighted by atomic mass is 10.1. The zero-order chi connectivity index (χ0) is 18.9. The van der Waals surface area contributed by atoms with Gasteiger partial charge in [-0.1, -0.05) is 60.7 Å². The summed E-state index contributed by atoms with van der Waals surface area (Å²) in [7, 11) is 0. The van der Waals surface area contributed by atoms with Crippen LogP contribution in [-0.4, -0.2) is 12.5 Å². The highest BCUT2D eigenvalue weighted by atomic mass is 19.1. The molecule has 0 aliphatic heterocycles. The van der Waals surface area contributed by atoms with Gasteiger partial charge in [0.25, 0.3) is 0 Å². The summed E-state index contributed by atoms with van der Waals surface area (Å²) >= 11 is 0. The van der Waals surface area contributed by atoms with Gasteiger partial charge in [0, 0.05) is 25.2 Å². The molecule has 1 N–H and O–H groups in total. The maximum Gasteiger partial charge on any atom is 0.228 e. The van der Waals surface area contributed by atoms with Gasteiger partial charge in [0.1, 0.15) is 5.82 Å². The Kier molecular flexibility index (Phi) is 6.72. The highest BCUT2D eigenvalue weighted by molar-refractivity contribution is 5.93. The maximum atomic E-state index is 12.9. The minimum absolute atomic E-state index is 0.0664. The first-order valence-electron chi connectivity index (χ1n) is 9.07. The fourth-order valence-corrected chi connectivity index (χ4v) is 2.86. The van der Waals surface area contributed by atoms with Gasteiger partial charge in [0.15, 0.2) is 0 Å². The Morgan fingerprint density at radius 3 is 2.11 bits per heavy atom. The van der Waals surface area contributed by atoms with Gasteiger partial charge in [-0.3, -0.25) is 4.79 Å². The molecule has 3 aromatic carbocycles. The number of halogens is 1. The molecule has 0 fully saturated rings.